The Labute approximate surface area is 158 Å². The van der Waals surface area contributed by atoms with Crippen LogP contribution in [0.5, 0.6) is 0 Å². The highest BCUT2D eigenvalue weighted by atomic mass is 16.2. The maximum atomic E-state index is 13.1. The highest BCUT2D eigenvalue weighted by Gasteiger charge is 2.29. The molecule has 2 aliphatic heterocycles. The van der Waals surface area contributed by atoms with Gasteiger partial charge in [0.15, 0.2) is 0 Å². The van der Waals surface area contributed by atoms with Crippen molar-refractivity contribution < 1.29 is 4.79 Å². The molecule has 0 bridgehead atoms. The molecule has 2 aliphatic rings. The van der Waals surface area contributed by atoms with Crippen molar-refractivity contribution in [2.45, 2.75) is 84.2 Å². The fourth-order valence-electron chi connectivity index (χ4n) is 4.68. The summed E-state index contributed by atoms with van der Waals surface area (Å²) in [5.74, 6) is 0.310. The number of hydrogen-bond donors (Lipinski definition) is 0. The largest absolute Gasteiger partial charge is 0.338 e. The van der Waals surface area contributed by atoms with E-state index in [4.69, 9.17) is 0 Å². The zero-order valence-electron chi connectivity index (χ0n) is 16.9. The molecule has 3 rings (SSSR count). The molecule has 26 heavy (non-hydrogen) atoms. The van der Waals surface area contributed by atoms with Gasteiger partial charge < -0.3 is 9.80 Å². The summed E-state index contributed by atoms with van der Waals surface area (Å²) in [6, 6.07) is 2.61. The predicted molar refractivity (Wildman–Crippen MR) is 105 cm³/mol. The second kappa shape index (κ2) is 9.03. The molecule has 2 fully saturated rings. The monoisotopic (exact) mass is 360 g/mol. The Hall–Kier alpha value is -1.36. The fraction of sp³-hybridized carbons (Fsp3) is 0.810. The minimum atomic E-state index is 0.122. The molecule has 0 aliphatic carbocycles. The Morgan fingerprint density at radius 3 is 2.46 bits per heavy atom. The molecule has 1 amide bonds. The molecule has 1 aromatic rings. The number of likely N-dealkylation sites (tertiary alicyclic amines) is 2. The molecule has 146 valence electrons. The van der Waals surface area contributed by atoms with Crippen LogP contribution in [0.4, 0.5) is 0 Å². The van der Waals surface area contributed by atoms with Crippen molar-refractivity contribution >= 4 is 5.91 Å². The molecule has 1 aromatic heterocycles. The van der Waals surface area contributed by atoms with Crippen LogP contribution in [0.3, 0.4) is 0 Å². The lowest BCUT2D eigenvalue weighted by Crippen LogP contribution is -2.50. The Morgan fingerprint density at radius 2 is 1.81 bits per heavy atom. The average Bonchev–Trinajstić information content (AvgIpc) is 2.81. The third kappa shape index (κ3) is 4.87. The van der Waals surface area contributed by atoms with Crippen LogP contribution >= 0.6 is 0 Å². The number of amides is 1. The molecule has 0 unspecified atom stereocenters. The highest BCUT2D eigenvalue weighted by Crippen LogP contribution is 2.23. The molecule has 0 aromatic carbocycles. The second-order valence-corrected chi connectivity index (χ2v) is 8.38. The number of aryl methyl sites for hydroxylation is 2. The number of aromatic nitrogens is 2. The van der Waals surface area contributed by atoms with E-state index in [0.29, 0.717) is 18.4 Å². The smallest absolute Gasteiger partial charge is 0.225 e. The normalized spacial score (nSPS) is 23.7. The van der Waals surface area contributed by atoms with E-state index in [1.54, 1.807) is 0 Å². The van der Waals surface area contributed by atoms with Crippen LogP contribution in [0.15, 0.2) is 6.07 Å². The van der Waals surface area contributed by atoms with E-state index in [9.17, 15) is 4.79 Å². The van der Waals surface area contributed by atoms with E-state index in [2.05, 4.69) is 34.8 Å². The third-order valence-electron chi connectivity index (χ3n) is 6.05. The Bertz CT molecular complexity index is 589. The summed E-state index contributed by atoms with van der Waals surface area (Å²) in [4.78, 5) is 17.9. The summed E-state index contributed by atoms with van der Waals surface area (Å²) in [6.45, 7) is 10.6. The van der Waals surface area contributed by atoms with E-state index in [1.807, 2.05) is 11.6 Å². The van der Waals surface area contributed by atoms with Gasteiger partial charge in [-0.2, -0.15) is 5.10 Å². The van der Waals surface area contributed by atoms with E-state index in [1.165, 1.54) is 45.2 Å². The molecule has 0 N–H and O–H groups in total. The van der Waals surface area contributed by atoms with Gasteiger partial charge in [-0.3, -0.25) is 9.48 Å². The minimum Gasteiger partial charge on any atom is -0.338 e. The lowest BCUT2D eigenvalue weighted by atomic mass is 10.00. The first-order valence-electron chi connectivity index (χ1n) is 10.6. The fourth-order valence-corrected chi connectivity index (χ4v) is 4.68. The third-order valence-corrected chi connectivity index (χ3v) is 6.05. The van der Waals surface area contributed by atoms with Crippen LogP contribution in [-0.2, 0) is 4.79 Å². The summed E-state index contributed by atoms with van der Waals surface area (Å²) < 4.78 is 2.01. The van der Waals surface area contributed by atoms with E-state index < -0.39 is 0 Å². The Morgan fingerprint density at radius 1 is 1.12 bits per heavy atom. The molecule has 2 saturated heterocycles. The molecular formula is C21H36N4O. The summed E-state index contributed by atoms with van der Waals surface area (Å²) >= 11 is 0. The topological polar surface area (TPSA) is 41.4 Å². The Kier molecular flexibility index (Phi) is 6.74. The van der Waals surface area contributed by atoms with Crippen LogP contribution in [-0.4, -0.2) is 57.7 Å². The number of piperidine rings is 1. The van der Waals surface area contributed by atoms with Gasteiger partial charge in [0.1, 0.15) is 0 Å². The second-order valence-electron chi connectivity index (χ2n) is 8.38. The number of hydrogen-bond acceptors (Lipinski definition) is 3. The van der Waals surface area contributed by atoms with Gasteiger partial charge in [-0.05, 0) is 72.0 Å². The van der Waals surface area contributed by atoms with E-state index in [0.717, 1.165) is 37.3 Å². The van der Waals surface area contributed by atoms with Crippen molar-refractivity contribution in [2.75, 3.05) is 26.2 Å². The van der Waals surface area contributed by atoms with Crippen molar-refractivity contribution in [3.05, 3.63) is 17.5 Å². The minimum absolute atomic E-state index is 0.122. The van der Waals surface area contributed by atoms with Gasteiger partial charge in [-0.15, -0.1) is 0 Å². The van der Waals surface area contributed by atoms with Crippen molar-refractivity contribution in [3.8, 4) is 0 Å². The van der Waals surface area contributed by atoms with Crippen LogP contribution in [0.25, 0.3) is 0 Å². The SMILES string of the molecule is Cc1cc(C)n([C@@H](C)CC(=O)N2CCCC[C@@H]2CN2CCCCCC2)n1. The maximum absolute atomic E-state index is 13.1. The molecule has 0 spiro atoms. The quantitative estimate of drug-likeness (QED) is 0.804. The molecule has 2 atom stereocenters. The van der Waals surface area contributed by atoms with Crippen molar-refractivity contribution in [2.24, 2.45) is 0 Å². The highest BCUT2D eigenvalue weighted by molar-refractivity contribution is 5.77. The van der Waals surface area contributed by atoms with Gasteiger partial charge in [-0.1, -0.05) is 12.8 Å². The van der Waals surface area contributed by atoms with Crippen molar-refractivity contribution in [1.29, 1.82) is 0 Å². The summed E-state index contributed by atoms with van der Waals surface area (Å²) in [7, 11) is 0. The molecular weight excluding hydrogens is 324 g/mol. The lowest BCUT2D eigenvalue weighted by molar-refractivity contribution is -0.136. The Balaban J connectivity index is 1.60. The van der Waals surface area contributed by atoms with Crippen LogP contribution in [0, 0.1) is 13.8 Å². The number of nitrogens with zero attached hydrogens (tertiary/aromatic N) is 4. The van der Waals surface area contributed by atoms with Crippen LogP contribution < -0.4 is 0 Å². The van der Waals surface area contributed by atoms with Gasteiger partial charge in [0.2, 0.25) is 5.91 Å². The standard InChI is InChI=1S/C21H36N4O/c1-17-14-18(2)25(22-17)19(3)15-21(26)24-13-9-6-10-20(24)16-23-11-7-4-5-8-12-23/h14,19-20H,4-13,15-16H2,1-3H3/t19-,20+/m0/s1. The van der Waals surface area contributed by atoms with Gasteiger partial charge in [0, 0.05) is 31.2 Å². The van der Waals surface area contributed by atoms with E-state index >= 15 is 0 Å². The first kappa shape index (κ1) is 19.4. The molecule has 5 heteroatoms. The maximum Gasteiger partial charge on any atom is 0.225 e. The number of rotatable bonds is 5. The lowest BCUT2D eigenvalue weighted by Gasteiger charge is -2.39. The number of carbonyl (C=O) groups excluding carboxylic acids is 1. The molecule has 3 heterocycles. The van der Waals surface area contributed by atoms with Gasteiger partial charge >= 0.3 is 0 Å². The molecule has 0 saturated carbocycles. The first-order chi connectivity index (χ1) is 12.5. The summed E-state index contributed by atoms with van der Waals surface area (Å²) in [5.41, 5.74) is 2.17. The first-order valence-corrected chi connectivity index (χ1v) is 10.6. The van der Waals surface area contributed by atoms with Gasteiger partial charge in [0.25, 0.3) is 0 Å². The van der Waals surface area contributed by atoms with Crippen LogP contribution in [0.1, 0.15) is 75.7 Å². The predicted octanol–water partition coefficient (Wildman–Crippen LogP) is 3.71. The van der Waals surface area contributed by atoms with Gasteiger partial charge in [-0.25, -0.2) is 0 Å². The van der Waals surface area contributed by atoms with Crippen LogP contribution in [0.2, 0.25) is 0 Å². The summed E-state index contributed by atoms with van der Waals surface area (Å²) in [6.07, 6.45) is 9.49. The van der Waals surface area contributed by atoms with E-state index in [-0.39, 0.29) is 6.04 Å². The van der Waals surface area contributed by atoms with Crippen molar-refractivity contribution in [3.63, 3.8) is 0 Å². The molecule has 5 nitrogen and oxygen atoms in total. The average molecular weight is 361 g/mol. The molecule has 0 radical (unpaired) electrons. The summed E-state index contributed by atoms with van der Waals surface area (Å²) in [5, 5.41) is 4.57. The van der Waals surface area contributed by atoms with Crippen molar-refractivity contribution in [1.82, 2.24) is 19.6 Å². The zero-order valence-corrected chi connectivity index (χ0v) is 16.9. The zero-order chi connectivity index (χ0) is 18.5. The van der Waals surface area contributed by atoms with Gasteiger partial charge in [0.05, 0.1) is 11.7 Å². The number of carbonyl (C=O) groups is 1.